The number of hydrogen-bond donors (Lipinski definition) is 0. The molecule has 0 atom stereocenters. The summed E-state index contributed by atoms with van der Waals surface area (Å²) in [7, 11) is 5.67. The first kappa shape index (κ1) is 12.3. The summed E-state index contributed by atoms with van der Waals surface area (Å²) in [5, 5.41) is 0.651. The average Bonchev–Trinajstić information content (AvgIpc) is 2.24. The minimum absolute atomic E-state index is 0.000602. The van der Waals surface area contributed by atoms with Gasteiger partial charge < -0.3 is 4.90 Å². The summed E-state index contributed by atoms with van der Waals surface area (Å²) in [6.45, 7) is 0.647. The predicted molar refractivity (Wildman–Crippen MR) is 72.1 cm³/mol. The van der Waals surface area contributed by atoms with E-state index in [0.29, 0.717) is 11.9 Å². The van der Waals surface area contributed by atoms with Gasteiger partial charge in [0.05, 0.1) is 17.4 Å². The molecule has 1 aromatic carbocycles. The molecule has 0 saturated heterocycles. The normalized spacial score (nSPS) is 11.4. The Labute approximate surface area is 108 Å². The first-order valence-electron chi connectivity index (χ1n) is 5.29. The maximum absolute atomic E-state index is 12.1. The van der Waals surface area contributed by atoms with E-state index in [1.807, 2.05) is 31.1 Å². The Balaban J connectivity index is 2.71. The minimum atomic E-state index is -0.000602. The molecule has 0 bridgehead atoms. The number of fused-ring (bicyclic) bond motifs is 1. The molecule has 0 spiro atoms. The van der Waals surface area contributed by atoms with Crippen molar-refractivity contribution in [3.05, 3.63) is 38.9 Å². The first-order chi connectivity index (χ1) is 7.99. The van der Waals surface area contributed by atoms with Crippen molar-refractivity contribution in [3.8, 4) is 0 Å². The van der Waals surface area contributed by atoms with Crippen molar-refractivity contribution in [2.75, 3.05) is 14.1 Å². The second-order valence-corrected chi connectivity index (χ2v) is 5.21. The predicted octanol–water partition coefficient (Wildman–Crippen LogP) is 1.76. The number of nitrogens with zero attached hydrogens (tertiary/aromatic N) is 3. The largest absolute Gasteiger partial charge is 0.302 e. The van der Waals surface area contributed by atoms with Crippen molar-refractivity contribution in [2.45, 2.75) is 6.54 Å². The molecule has 1 aromatic heterocycles. The Hall–Kier alpha value is -1.20. The summed E-state index contributed by atoms with van der Waals surface area (Å²) in [6, 6.07) is 5.53. The van der Waals surface area contributed by atoms with Crippen LogP contribution in [0.25, 0.3) is 10.9 Å². The molecule has 90 valence electrons. The van der Waals surface area contributed by atoms with E-state index < -0.39 is 0 Å². The number of aromatic nitrogens is 2. The van der Waals surface area contributed by atoms with Crippen LogP contribution < -0.4 is 5.56 Å². The molecule has 5 heteroatoms. The molecule has 0 aliphatic rings. The van der Waals surface area contributed by atoms with E-state index in [1.165, 1.54) is 0 Å². The fourth-order valence-electron chi connectivity index (χ4n) is 1.71. The maximum Gasteiger partial charge on any atom is 0.261 e. The Kier molecular flexibility index (Phi) is 3.31. The van der Waals surface area contributed by atoms with E-state index in [4.69, 9.17) is 0 Å². The highest BCUT2D eigenvalue weighted by atomic mass is 79.9. The lowest BCUT2D eigenvalue weighted by molar-refractivity contribution is 0.382. The monoisotopic (exact) mass is 295 g/mol. The van der Waals surface area contributed by atoms with Gasteiger partial charge in [-0.2, -0.15) is 0 Å². The SMILES string of the molecule is CN(C)Cc1nc2cc(Br)ccc2c(=O)n1C. The van der Waals surface area contributed by atoms with E-state index >= 15 is 0 Å². The maximum atomic E-state index is 12.1. The highest BCUT2D eigenvalue weighted by Gasteiger charge is 2.08. The molecule has 0 unspecified atom stereocenters. The zero-order chi connectivity index (χ0) is 12.6. The highest BCUT2D eigenvalue weighted by molar-refractivity contribution is 9.10. The molecule has 0 amide bonds. The first-order valence-corrected chi connectivity index (χ1v) is 6.08. The lowest BCUT2D eigenvalue weighted by Gasteiger charge is -2.13. The van der Waals surface area contributed by atoms with Gasteiger partial charge in [0, 0.05) is 11.5 Å². The molecule has 4 nitrogen and oxygen atoms in total. The van der Waals surface area contributed by atoms with Crippen molar-refractivity contribution in [3.63, 3.8) is 0 Å². The summed E-state index contributed by atoms with van der Waals surface area (Å²) < 4.78 is 2.54. The molecule has 0 N–H and O–H groups in total. The second kappa shape index (κ2) is 4.58. The number of rotatable bonds is 2. The average molecular weight is 296 g/mol. The molecule has 17 heavy (non-hydrogen) atoms. The standard InChI is InChI=1S/C12H14BrN3O/c1-15(2)7-11-14-10-6-8(13)4-5-9(10)12(17)16(11)3/h4-6H,7H2,1-3H3. The third kappa shape index (κ3) is 2.40. The van der Waals surface area contributed by atoms with Gasteiger partial charge in [-0.15, -0.1) is 0 Å². The van der Waals surface area contributed by atoms with Crippen LogP contribution in [0, 0.1) is 0 Å². The van der Waals surface area contributed by atoms with Gasteiger partial charge in [0.25, 0.3) is 5.56 Å². The van der Waals surface area contributed by atoms with Crippen molar-refractivity contribution in [1.82, 2.24) is 14.5 Å². The van der Waals surface area contributed by atoms with Gasteiger partial charge in [-0.05, 0) is 32.3 Å². The molecule has 0 fully saturated rings. The van der Waals surface area contributed by atoms with Gasteiger partial charge >= 0.3 is 0 Å². The van der Waals surface area contributed by atoms with E-state index in [9.17, 15) is 4.79 Å². The van der Waals surface area contributed by atoms with Gasteiger partial charge in [0.15, 0.2) is 0 Å². The molecule has 2 rings (SSSR count). The molecule has 0 radical (unpaired) electrons. The van der Waals surface area contributed by atoms with Crippen molar-refractivity contribution < 1.29 is 0 Å². The Morgan fingerprint density at radius 3 is 2.76 bits per heavy atom. The zero-order valence-electron chi connectivity index (χ0n) is 10.1. The number of hydrogen-bond acceptors (Lipinski definition) is 3. The molecular formula is C12H14BrN3O. The molecule has 0 aliphatic heterocycles. The third-order valence-electron chi connectivity index (χ3n) is 2.59. The van der Waals surface area contributed by atoms with E-state index in [2.05, 4.69) is 20.9 Å². The van der Waals surface area contributed by atoms with E-state index in [0.717, 1.165) is 15.8 Å². The molecule has 1 heterocycles. The summed E-state index contributed by atoms with van der Waals surface area (Å²) in [5.41, 5.74) is 0.735. The lowest BCUT2D eigenvalue weighted by Crippen LogP contribution is -2.26. The Bertz CT molecular complexity index is 619. The van der Waals surface area contributed by atoms with E-state index in [1.54, 1.807) is 17.7 Å². The summed E-state index contributed by atoms with van der Waals surface area (Å²) in [4.78, 5) is 18.7. The second-order valence-electron chi connectivity index (χ2n) is 4.29. The highest BCUT2D eigenvalue weighted by Crippen LogP contribution is 2.15. The smallest absolute Gasteiger partial charge is 0.261 e. The number of halogens is 1. The molecule has 0 aliphatic carbocycles. The topological polar surface area (TPSA) is 38.1 Å². The van der Waals surface area contributed by atoms with Crippen molar-refractivity contribution >= 4 is 26.8 Å². The summed E-state index contributed by atoms with van der Waals surface area (Å²) in [6.07, 6.45) is 0. The van der Waals surface area contributed by atoms with Crippen LogP contribution >= 0.6 is 15.9 Å². The fraction of sp³-hybridized carbons (Fsp3) is 0.333. The minimum Gasteiger partial charge on any atom is -0.302 e. The van der Waals surface area contributed by atoms with Crippen LogP contribution in [0.2, 0.25) is 0 Å². The molecule has 2 aromatic rings. The molecule has 0 saturated carbocycles. The summed E-state index contributed by atoms with van der Waals surface area (Å²) >= 11 is 3.39. The van der Waals surface area contributed by atoms with Gasteiger partial charge in [-0.3, -0.25) is 9.36 Å². The lowest BCUT2D eigenvalue weighted by atomic mass is 10.2. The van der Waals surface area contributed by atoms with Crippen LogP contribution in [0.15, 0.2) is 27.5 Å². The van der Waals surface area contributed by atoms with Gasteiger partial charge in [-0.25, -0.2) is 4.98 Å². The van der Waals surface area contributed by atoms with Gasteiger partial charge in [0.1, 0.15) is 5.82 Å². The van der Waals surface area contributed by atoms with Crippen LogP contribution in [-0.4, -0.2) is 28.5 Å². The third-order valence-corrected chi connectivity index (χ3v) is 3.08. The summed E-state index contributed by atoms with van der Waals surface area (Å²) in [5.74, 6) is 0.769. The fourth-order valence-corrected chi connectivity index (χ4v) is 2.06. The Morgan fingerprint density at radius 2 is 2.12 bits per heavy atom. The van der Waals surface area contributed by atoms with Crippen LogP contribution in [-0.2, 0) is 13.6 Å². The van der Waals surface area contributed by atoms with Crippen LogP contribution in [0.1, 0.15) is 5.82 Å². The van der Waals surface area contributed by atoms with E-state index in [-0.39, 0.29) is 5.56 Å². The van der Waals surface area contributed by atoms with Crippen LogP contribution in [0.4, 0.5) is 0 Å². The van der Waals surface area contributed by atoms with Crippen molar-refractivity contribution in [1.29, 1.82) is 0 Å². The van der Waals surface area contributed by atoms with Crippen LogP contribution in [0.5, 0.6) is 0 Å². The van der Waals surface area contributed by atoms with Gasteiger partial charge in [-0.1, -0.05) is 15.9 Å². The van der Waals surface area contributed by atoms with Gasteiger partial charge in [0.2, 0.25) is 0 Å². The Morgan fingerprint density at radius 1 is 1.41 bits per heavy atom. The quantitative estimate of drug-likeness (QED) is 0.847. The molecular weight excluding hydrogens is 282 g/mol. The number of benzene rings is 1. The zero-order valence-corrected chi connectivity index (χ0v) is 11.7. The van der Waals surface area contributed by atoms with Crippen LogP contribution in [0.3, 0.4) is 0 Å². The van der Waals surface area contributed by atoms with Crippen molar-refractivity contribution in [2.24, 2.45) is 7.05 Å².